The molecular weight excluding hydrogens is 438 g/mol. The summed E-state index contributed by atoms with van der Waals surface area (Å²) in [6.45, 7) is 2.03. The van der Waals surface area contributed by atoms with Crippen molar-refractivity contribution in [2.75, 3.05) is 12.4 Å². The van der Waals surface area contributed by atoms with Crippen LogP contribution in [-0.2, 0) is 11.2 Å². The van der Waals surface area contributed by atoms with Crippen molar-refractivity contribution in [3.8, 4) is 28.4 Å². The SMILES string of the molecule is COc1ccc(-c2noc(CCC(=O)Nc3nc(-c4c(C)[nH]c5ccccc45)cs3)n2)cc1. The zero-order valence-electron chi connectivity index (χ0n) is 18.1. The molecule has 0 spiro atoms. The number of benzene rings is 2. The van der Waals surface area contributed by atoms with Crippen LogP contribution >= 0.6 is 11.3 Å². The van der Waals surface area contributed by atoms with Crippen molar-refractivity contribution >= 4 is 33.3 Å². The number of hydrogen-bond donors (Lipinski definition) is 2. The minimum atomic E-state index is -0.157. The molecule has 5 aromatic rings. The minimum Gasteiger partial charge on any atom is -0.497 e. The van der Waals surface area contributed by atoms with Crippen LogP contribution in [0.25, 0.3) is 33.5 Å². The first kappa shape index (κ1) is 20.9. The molecule has 0 radical (unpaired) electrons. The van der Waals surface area contributed by atoms with Gasteiger partial charge in [-0.15, -0.1) is 11.3 Å². The Balaban J connectivity index is 1.21. The number of aryl methyl sites for hydroxylation is 2. The number of hydrogen-bond acceptors (Lipinski definition) is 7. The third-order valence-corrected chi connectivity index (χ3v) is 6.04. The maximum atomic E-state index is 12.5. The number of anilines is 1. The molecule has 0 bridgehead atoms. The summed E-state index contributed by atoms with van der Waals surface area (Å²) in [5.74, 6) is 1.48. The standard InChI is InChI=1S/C24H21N5O3S/c1-14-22(17-5-3-4-6-18(17)25-14)19-13-33-24(26-19)27-20(30)11-12-21-28-23(29-32-21)15-7-9-16(31-2)10-8-15/h3-10,13,25H,11-12H2,1-2H3,(H,26,27,30). The van der Waals surface area contributed by atoms with Crippen LogP contribution in [-0.4, -0.2) is 33.1 Å². The Morgan fingerprint density at radius 3 is 2.79 bits per heavy atom. The van der Waals surface area contributed by atoms with E-state index >= 15 is 0 Å². The fourth-order valence-corrected chi connectivity index (χ4v) is 4.39. The van der Waals surface area contributed by atoms with Crippen LogP contribution in [0.4, 0.5) is 5.13 Å². The molecule has 2 N–H and O–H groups in total. The number of nitrogens with one attached hydrogen (secondary N) is 2. The monoisotopic (exact) mass is 459 g/mol. The highest BCUT2D eigenvalue weighted by atomic mass is 32.1. The molecule has 5 rings (SSSR count). The van der Waals surface area contributed by atoms with Gasteiger partial charge in [-0.1, -0.05) is 23.4 Å². The van der Waals surface area contributed by atoms with Gasteiger partial charge in [-0.2, -0.15) is 4.98 Å². The van der Waals surface area contributed by atoms with Crippen LogP contribution < -0.4 is 10.1 Å². The van der Waals surface area contributed by atoms with Crippen molar-refractivity contribution in [3.05, 3.63) is 65.5 Å². The highest BCUT2D eigenvalue weighted by Gasteiger charge is 2.15. The van der Waals surface area contributed by atoms with E-state index in [1.807, 2.05) is 54.8 Å². The normalized spacial score (nSPS) is 11.1. The van der Waals surface area contributed by atoms with E-state index < -0.39 is 0 Å². The van der Waals surface area contributed by atoms with Crippen LogP contribution in [0.15, 0.2) is 58.4 Å². The molecule has 0 saturated carbocycles. The second-order valence-electron chi connectivity index (χ2n) is 7.50. The first-order valence-corrected chi connectivity index (χ1v) is 11.3. The van der Waals surface area contributed by atoms with Crippen LogP contribution in [0, 0.1) is 6.92 Å². The number of amides is 1. The first-order valence-electron chi connectivity index (χ1n) is 10.4. The molecule has 3 aromatic heterocycles. The molecule has 0 unspecified atom stereocenters. The number of ether oxygens (including phenoxy) is 1. The Kier molecular flexibility index (Phi) is 5.62. The highest BCUT2D eigenvalue weighted by molar-refractivity contribution is 7.14. The molecule has 9 heteroatoms. The van der Waals surface area contributed by atoms with Crippen molar-refractivity contribution in [2.45, 2.75) is 19.8 Å². The van der Waals surface area contributed by atoms with E-state index in [0.29, 0.717) is 23.3 Å². The van der Waals surface area contributed by atoms with Crippen molar-refractivity contribution in [3.63, 3.8) is 0 Å². The average molecular weight is 460 g/mol. The van der Waals surface area contributed by atoms with Crippen LogP contribution in [0.2, 0.25) is 0 Å². The molecule has 1 amide bonds. The molecule has 0 aliphatic heterocycles. The number of rotatable bonds is 7. The molecule has 166 valence electrons. The Morgan fingerprint density at radius 2 is 1.97 bits per heavy atom. The van der Waals surface area contributed by atoms with E-state index in [4.69, 9.17) is 9.26 Å². The molecule has 0 atom stereocenters. The zero-order chi connectivity index (χ0) is 22.8. The van der Waals surface area contributed by atoms with E-state index in [2.05, 4.69) is 31.5 Å². The van der Waals surface area contributed by atoms with Gasteiger partial charge >= 0.3 is 0 Å². The fraction of sp³-hybridized carbons (Fsp3) is 0.167. The third kappa shape index (κ3) is 4.35. The lowest BCUT2D eigenvalue weighted by Crippen LogP contribution is -2.12. The minimum absolute atomic E-state index is 0.157. The number of carbonyl (C=O) groups excluding carboxylic acids is 1. The predicted molar refractivity (Wildman–Crippen MR) is 127 cm³/mol. The number of methoxy groups -OCH3 is 1. The van der Waals surface area contributed by atoms with Gasteiger partial charge in [0.1, 0.15) is 5.75 Å². The van der Waals surface area contributed by atoms with E-state index in [9.17, 15) is 4.79 Å². The van der Waals surface area contributed by atoms with Crippen molar-refractivity contribution in [2.24, 2.45) is 0 Å². The average Bonchev–Trinajstić information content (AvgIpc) is 3.56. The van der Waals surface area contributed by atoms with E-state index in [0.717, 1.165) is 39.2 Å². The quantitative estimate of drug-likeness (QED) is 0.345. The largest absolute Gasteiger partial charge is 0.497 e. The van der Waals surface area contributed by atoms with Gasteiger partial charge < -0.3 is 19.6 Å². The van der Waals surface area contributed by atoms with E-state index in [1.54, 1.807) is 7.11 Å². The van der Waals surface area contributed by atoms with Crippen LogP contribution in [0.3, 0.4) is 0 Å². The molecule has 3 heterocycles. The van der Waals surface area contributed by atoms with Gasteiger partial charge in [0, 0.05) is 45.9 Å². The Labute approximate surface area is 193 Å². The van der Waals surface area contributed by atoms with E-state index in [-0.39, 0.29) is 12.3 Å². The first-order chi connectivity index (χ1) is 16.1. The summed E-state index contributed by atoms with van der Waals surface area (Å²) < 4.78 is 10.5. The Hall–Kier alpha value is -3.98. The van der Waals surface area contributed by atoms with Crippen molar-refractivity contribution in [1.82, 2.24) is 20.1 Å². The lowest BCUT2D eigenvalue weighted by molar-refractivity contribution is -0.116. The highest BCUT2D eigenvalue weighted by Crippen LogP contribution is 2.33. The van der Waals surface area contributed by atoms with Crippen LogP contribution in [0.5, 0.6) is 5.75 Å². The molecule has 0 aliphatic carbocycles. The number of nitrogens with zero attached hydrogens (tertiary/aromatic N) is 3. The third-order valence-electron chi connectivity index (χ3n) is 5.28. The topological polar surface area (TPSA) is 106 Å². The number of aromatic amines is 1. The maximum absolute atomic E-state index is 12.5. The lowest BCUT2D eigenvalue weighted by atomic mass is 10.1. The van der Waals surface area contributed by atoms with Gasteiger partial charge in [-0.25, -0.2) is 4.98 Å². The number of para-hydroxylation sites is 1. The van der Waals surface area contributed by atoms with Gasteiger partial charge in [0.05, 0.1) is 12.8 Å². The maximum Gasteiger partial charge on any atom is 0.227 e. The van der Waals surface area contributed by atoms with Crippen LogP contribution in [0.1, 0.15) is 18.0 Å². The summed E-state index contributed by atoms with van der Waals surface area (Å²) in [4.78, 5) is 24.8. The summed E-state index contributed by atoms with van der Waals surface area (Å²) in [7, 11) is 1.61. The second kappa shape index (κ2) is 8.87. The fourth-order valence-electron chi connectivity index (χ4n) is 3.67. The predicted octanol–water partition coefficient (Wildman–Crippen LogP) is 5.23. The van der Waals surface area contributed by atoms with Gasteiger partial charge in [0.2, 0.25) is 17.6 Å². The summed E-state index contributed by atoms with van der Waals surface area (Å²) in [6, 6.07) is 15.5. The molecule has 2 aromatic carbocycles. The summed E-state index contributed by atoms with van der Waals surface area (Å²) in [5, 5.41) is 10.5. The zero-order valence-corrected chi connectivity index (χ0v) is 18.9. The number of H-pyrrole nitrogens is 1. The van der Waals surface area contributed by atoms with Crippen molar-refractivity contribution < 1.29 is 14.1 Å². The molecule has 33 heavy (non-hydrogen) atoms. The number of carbonyl (C=O) groups is 1. The van der Waals surface area contributed by atoms with Crippen molar-refractivity contribution in [1.29, 1.82) is 0 Å². The molecule has 0 saturated heterocycles. The smallest absolute Gasteiger partial charge is 0.227 e. The number of aromatic nitrogens is 4. The molecule has 0 fully saturated rings. The van der Waals surface area contributed by atoms with Gasteiger partial charge in [0.25, 0.3) is 0 Å². The van der Waals surface area contributed by atoms with Gasteiger partial charge in [-0.3, -0.25) is 4.79 Å². The molecular formula is C24H21N5O3S. The molecule has 0 aliphatic rings. The summed E-state index contributed by atoms with van der Waals surface area (Å²) >= 11 is 1.40. The number of fused-ring (bicyclic) bond motifs is 1. The Bertz CT molecular complexity index is 1420. The van der Waals surface area contributed by atoms with Gasteiger partial charge in [-0.05, 0) is 37.3 Å². The van der Waals surface area contributed by atoms with E-state index in [1.165, 1.54) is 11.3 Å². The second-order valence-corrected chi connectivity index (χ2v) is 8.35. The summed E-state index contributed by atoms with van der Waals surface area (Å²) in [5.41, 5.74) is 4.82. The lowest BCUT2D eigenvalue weighted by Gasteiger charge is -2.00. The van der Waals surface area contributed by atoms with Gasteiger partial charge in [0.15, 0.2) is 5.13 Å². The molecule has 8 nitrogen and oxygen atoms in total. The number of thiazole rings is 1. The Morgan fingerprint density at radius 1 is 1.15 bits per heavy atom. The summed E-state index contributed by atoms with van der Waals surface area (Å²) in [6.07, 6.45) is 0.556.